The number of fused-ring (bicyclic) bond motifs is 1. The number of carbonyl (C=O) groups is 1. The van der Waals surface area contributed by atoms with Gasteiger partial charge in [0.25, 0.3) is 0 Å². The largest absolute Gasteiger partial charge is 0.489 e. The number of pyridine rings is 1. The monoisotopic (exact) mass is 469 g/mol. The van der Waals surface area contributed by atoms with Crippen LogP contribution in [0.2, 0.25) is 0 Å². The van der Waals surface area contributed by atoms with Crippen molar-refractivity contribution in [3.8, 4) is 17.2 Å². The maximum Gasteiger partial charge on any atom is 0.169 e. The number of nitrogens with zero attached hydrogens (tertiary/aromatic N) is 1. The Labute approximate surface area is 206 Å². The highest BCUT2D eigenvalue weighted by Gasteiger charge is 2.16. The van der Waals surface area contributed by atoms with Gasteiger partial charge in [-0.2, -0.15) is 0 Å². The lowest BCUT2D eigenvalue weighted by molar-refractivity contribution is -0.122. The number of ketones is 1. The molecule has 0 amide bonds. The number of Topliss-reactive ketones (excluding diaryl/α,β-unsaturated/α-hetero) is 1. The Morgan fingerprint density at radius 2 is 1.57 bits per heavy atom. The molecule has 1 aromatic heterocycles. The summed E-state index contributed by atoms with van der Waals surface area (Å²) in [6.07, 6.45) is 1.35. The first-order chi connectivity index (χ1) is 17.0. The van der Waals surface area contributed by atoms with Crippen LogP contribution in [0.15, 0.2) is 78.9 Å². The molecule has 0 bridgehead atoms. The minimum absolute atomic E-state index is 0.00563. The second-order valence-electron chi connectivity index (χ2n) is 8.57. The number of benzene rings is 3. The van der Waals surface area contributed by atoms with Gasteiger partial charge in [-0.25, -0.2) is 4.98 Å². The molecule has 0 aliphatic carbocycles. The van der Waals surface area contributed by atoms with E-state index in [1.54, 1.807) is 13.8 Å². The highest BCUT2D eigenvalue weighted by Crippen LogP contribution is 2.29. The molecule has 35 heavy (non-hydrogen) atoms. The highest BCUT2D eigenvalue weighted by atomic mass is 16.5. The van der Waals surface area contributed by atoms with Crippen LogP contribution >= 0.6 is 0 Å². The first-order valence-corrected chi connectivity index (χ1v) is 12.0. The Morgan fingerprint density at radius 3 is 2.34 bits per heavy atom. The minimum atomic E-state index is -0.507. The highest BCUT2D eigenvalue weighted by molar-refractivity contribution is 5.80. The van der Waals surface area contributed by atoms with E-state index in [0.29, 0.717) is 24.7 Å². The SMILES string of the molecule is CCCc1cccc(COc2cccc(OCc3ccc4ccccc4n3)c2)c1OC(C)C(C)=O. The third-order valence-corrected chi connectivity index (χ3v) is 5.81. The van der Waals surface area contributed by atoms with Gasteiger partial charge in [-0.1, -0.05) is 61.9 Å². The molecule has 5 nitrogen and oxygen atoms in total. The van der Waals surface area contributed by atoms with E-state index in [2.05, 4.69) is 18.0 Å². The number of rotatable bonds is 11. The van der Waals surface area contributed by atoms with Gasteiger partial charge in [0.15, 0.2) is 11.9 Å². The zero-order valence-electron chi connectivity index (χ0n) is 20.5. The fourth-order valence-electron chi connectivity index (χ4n) is 3.79. The first kappa shape index (κ1) is 24.3. The van der Waals surface area contributed by atoms with E-state index in [1.807, 2.05) is 72.8 Å². The molecule has 0 saturated heterocycles. The second-order valence-corrected chi connectivity index (χ2v) is 8.57. The summed E-state index contributed by atoms with van der Waals surface area (Å²) in [6, 6.07) is 25.7. The quantitative estimate of drug-likeness (QED) is 0.245. The number of para-hydroxylation sites is 2. The van der Waals surface area contributed by atoms with E-state index < -0.39 is 6.10 Å². The molecule has 0 radical (unpaired) electrons. The maximum atomic E-state index is 11.8. The Bertz CT molecular complexity index is 1300. The lowest BCUT2D eigenvalue weighted by Gasteiger charge is -2.19. The molecule has 4 rings (SSSR count). The number of hydrogen-bond donors (Lipinski definition) is 0. The number of aryl methyl sites for hydroxylation is 1. The Morgan fingerprint density at radius 1 is 0.857 bits per heavy atom. The Balaban J connectivity index is 1.44. The molecule has 0 aliphatic heterocycles. The lowest BCUT2D eigenvalue weighted by Crippen LogP contribution is -2.22. The standard InChI is InChI=1S/C30H31NO4/c1-4-9-24-11-7-12-25(30(24)35-22(3)21(2)32)19-33-27-13-8-14-28(18-27)34-20-26-17-16-23-10-5-6-15-29(23)31-26/h5-8,10-18,22H,4,9,19-20H2,1-3H3. The molecule has 0 fully saturated rings. The van der Waals surface area contributed by atoms with Crippen LogP contribution < -0.4 is 14.2 Å². The summed E-state index contributed by atoms with van der Waals surface area (Å²) in [5.74, 6) is 2.14. The van der Waals surface area contributed by atoms with Gasteiger partial charge in [0.05, 0.1) is 11.2 Å². The molecule has 4 aromatic rings. The average Bonchev–Trinajstić information content (AvgIpc) is 2.87. The molecular weight excluding hydrogens is 438 g/mol. The van der Waals surface area contributed by atoms with Crippen LogP contribution in [0, 0.1) is 0 Å². The van der Waals surface area contributed by atoms with Gasteiger partial charge >= 0.3 is 0 Å². The lowest BCUT2D eigenvalue weighted by atomic mass is 10.0. The molecule has 0 spiro atoms. The average molecular weight is 470 g/mol. The predicted molar refractivity (Wildman–Crippen MR) is 138 cm³/mol. The molecule has 1 heterocycles. The third-order valence-electron chi connectivity index (χ3n) is 5.81. The van der Waals surface area contributed by atoms with Crippen LogP contribution in [0.5, 0.6) is 17.2 Å². The summed E-state index contributed by atoms with van der Waals surface area (Å²) in [5, 5.41) is 1.11. The molecule has 1 atom stereocenters. The molecule has 180 valence electrons. The first-order valence-electron chi connectivity index (χ1n) is 12.0. The Kier molecular flexibility index (Phi) is 7.99. The van der Waals surface area contributed by atoms with Gasteiger partial charge in [0, 0.05) is 17.0 Å². The van der Waals surface area contributed by atoms with Crippen LogP contribution in [0.3, 0.4) is 0 Å². The third kappa shape index (κ3) is 6.38. The van der Waals surface area contributed by atoms with Gasteiger partial charge in [0.2, 0.25) is 0 Å². The van der Waals surface area contributed by atoms with Gasteiger partial charge in [0.1, 0.15) is 30.5 Å². The van der Waals surface area contributed by atoms with Crippen molar-refractivity contribution in [1.82, 2.24) is 4.98 Å². The molecule has 5 heteroatoms. The summed E-state index contributed by atoms with van der Waals surface area (Å²) in [7, 11) is 0. The zero-order chi connectivity index (χ0) is 24.6. The van der Waals surface area contributed by atoms with Gasteiger partial charge in [-0.05, 0) is 50.1 Å². The fraction of sp³-hybridized carbons (Fsp3) is 0.267. The van der Waals surface area contributed by atoms with Crippen LogP contribution in [0.4, 0.5) is 0 Å². The van der Waals surface area contributed by atoms with E-state index in [1.165, 1.54) is 0 Å². The van der Waals surface area contributed by atoms with Crippen molar-refractivity contribution in [2.45, 2.75) is 52.9 Å². The van der Waals surface area contributed by atoms with Gasteiger partial charge in [-0.15, -0.1) is 0 Å². The van der Waals surface area contributed by atoms with Crippen molar-refractivity contribution in [2.75, 3.05) is 0 Å². The van der Waals surface area contributed by atoms with Crippen LogP contribution in [0.25, 0.3) is 10.9 Å². The summed E-state index contributed by atoms with van der Waals surface area (Å²) in [5.41, 5.74) is 3.81. The summed E-state index contributed by atoms with van der Waals surface area (Å²) < 4.78 is 18.1. The topological polar surface area (TPSA) is 57.6 Å². The number of hydrogen-bond acceptors (Lipinski definition) is 5. The second kappa shape index (κ2) is 11.5. The number of carbonyl (C=O) groups excluding carboxylic acids is 1. The van der Waals surface area contributed by atoms with E-state index in [-0.39, 0.29) is 5.78 Å². The van der Waals surface area contributed by atoms with Crippen LogP contribution in [-0.4, -0.2) is 16.9 Å². The fourth-order valence-corrected chi connectivity index (χ4v) is 3.79. The van der Waals surface area contributed by atoms with Crippen molar-refractivity contribution in [1.29, 1.82) is 0 Å². The van der Waals surface area contributed by atoms with E-state index >= 15 is 0 Å². The Hall–Kier alpha value is -3.86. The van der Waals surface area contributed by atoms with E-state index in [0.717, 1.165) is 46.3 Å². The van der Waals surface area contributed by atoms with E-state index in [9.17, 15) is 4.79 Å². The number of aromatic nitrogens is 1. The molecular formula is C30H31NO4. The van der Waals surface area contributed by atoms with Crippen molar-refractivity contribution < 1.29 is 19.0 Å². The van der Waals surface area contributed by atoms with Crippen LogP contribution in [0.1, 0.15) is 44.0 Å². The number of ether oxygens (including phenoxy) is 3. The van der Waals surface area contributed by atoms with Crippen LogP contribution in [-0.2, 0) is 24.4 Å². The van der Waals surface area contributed by atoms with Crippen molar-refractivity contribution >= 4 is 16.7 Å². The summed E-state index contributed by atoms with van der Waals surface area (Å²) in [4.78, 5) is 16.5. The van der Waals surface area contributed by atoms with Gasteiger partial charge in [-0.3, -0.25) is 4.79 Å². The molecule has 0 aliphatic rings. The summed E-state index contributed by atoms with van der Waals surface area (Å²) in [6.45, 7) is 6.14. The smallest absolute Gasteiger partial charge is 0.169 e. The minimum Gasteiger partial charge on any atom is -0.489 e. The van der Waals surface area contributed by atoms with Gasteiger partial charge < -0.3 is 14.2 Å². The predicted octanol–water partition coefficient (Wildman–Crippen LogP) is 6.70. The molecule has 0 saturated carbocycles. The normalized spacial score (nSPS) is 11.7. The maximum absolute atomic E-state index is 11.8. The van der Waals surface area contributed by atoms with Crippen molar-refractivity contribution in [2.24, 2.45) is 0 Å². The van der Waals surface area contributed by atoms with E-state index in [4.69, 9.17) is 14.2 Å². The molecule has 0 N–H and O–H groups in total. The summed E-state index contributed by atoms with van der Waals surface area (Å²) >= 11 is 0. The zero-order valence-corrected chi connectivity index (χ0v) is 20.5. The van der Waals surface area contributed by atoms with Crippen molar-refractivity contribution in [3.63, 3.8) is 0 Å². The van der Waals surface area contributed by atoms with Crippen molar-refractivity contribution in [3.05, 3.63) is 95.7 Å². The molecule has 3 aromatic carbocycles. The molecule has 1 unspecified atom stereocenters.